The molecule has 0 heterocycles. The van der Waals surface area contributed by atoms with E-state index in [4.69, 9.17) is 5.73 Å². The minimum absolute atomic E-state index is 0.00150. The molecule has 2 atom stereocenters. The Kier molecular flexibility index (Phi) is 4.00. The lowest BCUT2D eigenvalue weighted by molar-refractivity contribution is -0.154. The van der Waals surface area contributed by atoms with Crippen LogP contribution in [-0.4, -0.2) is 35.7 Å². The van der Waals surface area contributed by atoms with Crippen LogP contribution in [0, 0.1) is 0 Å². The Hall–Kier alpha value is -0.290. The predicted octanol–water partition coefficient (Wildman–Crippen LogP) is 2.14. The molecular weight excluding hydrogens is 205 g/mol. The van der Waals surface area contributed by atoms with Crippen LogP contribution in [0.3, 0.4) is 0 Å². The normalized spacial score (nSPS) is 28.0. The van der Waals surface area contributed by atoms with Gasteiger partial charge in [-0.15, -0.1) is 0 Å². The van der Waals surface area contributed by atoms with Crippen LogP contribution >= 0.6 is 0 Å². The predicted molar refractivity (Wildman–Crippen MR) is 53.5 cm³/mol. The van der Waals surface area contributed by atoms with Gasteiger partial charge in [0.2, 0.25) is 0 Å². The highest BCUT2D eigenvalue weighted by Gasteiger charge is 2.37. The molecule has 90 valence electrons. The van der Waals surface area contributed by atoms with E-state index in [1.165, 1.54) is 4.90 Å². The van der Waals surface area contributed by atoms with Gasteiger partial charge in [0, 0.05) is 18.1 Å². The lowest BCUT2D eigenvalue weighted by Gasteiger charge is -2.33. The van der Waals surface area contributed by atoms with Crippen molar-refractivity contribution in [3.05, 3.63) is 0 Å². The van der Waals surface area contributed by atoms with Gasteiger partial charge in [-0.25, -0.2) is 0 Å². The molecule has 0 aromatic heterocycles. The SMILES string of the molecule is CC(C)N(CC(F)(F)F)C1CCC(N)C1. The van der Waals surface area contributed by atoms with Crippen molar-refractivity contribution in [3.8, 4) is 0 Å². The van der Waals surface area contributed by atoms with Crippen molar-refractivity contribution < 1.29 is 13.2 Å². The number of halogens is 3. The Labute approximate surface area is 88.6 Å². The van der Waals surface area contributed by atoms with Gasteiger partial charge < -0.3 is 5.73 Å². The molecule has 0 aliphatic heterocycles. The largest absolute Gasteiger partial charge is 0.401 e. The van der Waals surface area contributed by atoms with Crippen molar-refractivity contribution >= 4 is 0 Å². The number of hydrogen-bond acceptors (Lipinski definition) is 2. The van der Waals surface area contributed by atoms with E-state index in [0.29, 0.717) is 6.42 Å². The molecule has 1 rings (SSSR count). The molecule has 2 unspecified atom stereocenters. The van der Waals surface area contributed by atoms with Gasteiger partial charge in [0.1, 0.15) is 0 Å². The molecule has 0 spiro atoms. The zero-order valence-electron chi connectivity index (χ0n) is 9.22. The maximum absolute atomic E-state index is 12.3. The Balaban J connectivity index is 2.58. The van der Waals surface area contributed by atoms with Gasteiger partial charge in [0.05, 0.1) is 6.54 Å². The summed E-state index contributed by atoms with van der Waals surface area (Å²) in [5.41, 5.74) is 5.72. The monoisotopic (exact) mass is 224 g/mol. The average molecular weight is 224 g/mol. The summed E-state index contributed by atoms with van der Waals surface area (Å²) in [7, 11) is 0. The molecule has 0 saturated heterocycles. The van der Waals surface area contributed by atoms with Gasteiger partial charge in [-0.05, 0) is 33.1 Å². The van der Waals surface area contributed by atoms with Gasteiger partial charge >= 0.3 is 6.18 Å². The van der Waals surface area contributed by atoms with Gasteiger partial charge in [0.15, 0.2) is 0 Å². The Morgan fingerprint density at radius 1 is 1.33 bits per heavy atom. The maximum atomic E-state index is 12.3. The Morgan fingerprint density at radius 3 is 2.27 bits per heavy atom. The van der Waals surface area contributed by atoms with Gasteiger partial charge in [-0.1, -0.05) is 0 Å². The van der Waals surface area contributed by atoms with Crippen molar-refractivity contribution in [2.45, 2.75) is 57.4 Å². The summed E-state index contributed by atoms with van der Waals surface area (Å²) < 4.78 is 37.0. The van der Waals surface area contributed by atoms with E-state index >= 15 is 0 Å². The van der Waals surface area contributed by atoms with Crippen LogP contribution in [0.4, 0.5) is 13.2 Å². The number of nitrogens with two attached hydrogens (primary N) is 1. The first-order valence-electron chi connectivity index (χ1n) is 5.37. The maximum Gasteiger partial charge on any atom is 0.401 e. The number of alkyl halides is 3. The first-order chi connectivity index (χ1) is 6.79. The second kappa shape index (κ2) is 4.70. The first kappa shape index (κ1) is 12.8. The zero-order chi connectivity index (χ0) is 11.6. The molecule has 0 amide bonds. The molecule has 15 heavy (non-hydrogen) atoms. The molecule has 0 aromatic carbocycles. The minimum atomic E-state index is -4.11. The van der Waals surface area contributed by atoms with Crippen LogP contribution in [0.5, 0.6) is 0 Å². The van der Waals surface area contributed by atoms with Crippen LogP contribution in [0.15, 0.2) is 0 Å². The second-order valence-electron chi connectivity index (χ2n) is 4.61. The summed E-state index contributed by atoms with van der Waals surface area (Å²) in [5.74, 6) is 0. The third kappa shape index (κ3) is 3.99. The average Bonchev–Trinajstić information content (AvgIpc) is 2.45. The second-order valence-corrected chi connectivity index (χ2v) is 4.61. The lowest BCUT2D eigenvalue weighted by Crippen LogP contribution is -2.45. The lowest BCUT2D eigenvalue weighted by atomic mass is 10.1. The van der Waals surface area contributed by atoms with E-state index < -0.39 is 12.7 Å². The molecule has 2 nitrogen and oxygen atoms in total. The number of hydrogen-bond donors (Lipinski definition) is 1. The highest BCUT2D eigenvalue weighted by atomic mass is 19.4. The molecular formula is C10H19F3N2. The van der Waals surface area contributed by atoms with Crippen molar-refractivity contribution in [2.24, 2.45) is 5.73 Å². The summed E-state index contributed by atoms with van der Waals surface area (Å²) in [6, 6.07) is -0.00645. The fourth-order valence-corrected chi connectivity index (χ4v) is 2.23. The standard InChI is InChI=1S/C10H19F3N2/c1-7(2)15(6-10(11,12)13)9-4-3-8(14)5-9/h7-9H,3-6,14H2,1-2H3. The van der Waals surface area contributed by atoms with Crippen LogP contribution < -0.4 is 5.73 Å². The molecule has 2 N–H and O–H groups in total. The molecule has 0 bridgehead atoms. The van der Waals surface area contributed by atoms with Gasteiger partial charge in [0.25, 0.3) is 0 Å². The summed E-state index contributed by atoms with van der Waals surface area (Å²) in [6.07, 6.45) is -1.80. The number of rotatable bonds is 3. The fourth-order valence-electron chi connectivity index (χ4n) is 2.23. The molecule has 5 heteroatoms. The third-order valence-electron chi connectivity index (χ3n) is 2.94. The Bertz CT molecular complexity index is 203. The van der Waals surface area contributed by atoms with Crippen LogP contribution in [0.25, 0.3) is 0 Å². The summed E-state index contributed by atoms with van der Waals surface area (Å²) in [6.45, 7) is 2.78. The van der Waals surface area contributed by atoms with Crippen molar-refractivity contribution in [1.82, 2.24) is 4.90 Å². The summed E-state index contributed by atoms with van der Waals surface area (Å²) in [5, 5.41) is 0. The topological polar surface area (TPSA) is 29.3 Å². The van der Waals surface area contributed by atoms with E-state index in [-0.39, 0.29) is 18.1 Å². The minimum Gasteiger partial charge on any atom is -0.328 e. The number of nitrogens with zero attached hydrogens (tertiary/aromatic N) is 1. The van der Waals surface area contributed by atoms with Crippen molar-refractivity contribution in [1.29, 1.82) is 0 Å². The molecule has 1 saturated carbocycles. The van der Waals surface area contributed by atoms with E-state index in [1.807, 2.05) is 0 Å². The zero-order valence-corrected chi connectivity index (χ0v) is 9.22. The van der Waals surface area contributed by atoms with Crippen molar-refractivity contribution in [3.63, 3.8) is 0 Å². The van der Waals surface area contributed by atoms with E-state index in [2.05, 4.69) is 0 Å². The molecule has 1 fully saturated rings. The van der Waals surface area contributed by atoms with Crippen LogP contribution in [0.1, 0.15) is 33.1 Å². The Morgan fingerprint density at radius 2 is 1.93 bits per heavy atom. The molecule has 1 aliphatic rings. The van der Waals surface area contributed by atoms with Crippen LogP contribution in [0.2, 0.25) is 0 Å². The van der Waals surface area contributed by atoms with E-state index in [1.54, 1.807) is 13.8 Å². The molecule has 1 aliphatic carbocycles. The van der Waals surface area contributed by atoms with Crippen LogP contribution in [-0.2, 0) is 0 Å². The van der Waals surface area contributed by atoms with Crippen molar-refractivity contribution in [2.75, 3.05) is 6.54 Å². The summed E-state index contributed by atoms with van der Waals surface area (Å²) in [4.78, 5) is 1.52. The fraction of sp³-hybridized carbons (Fsp3) is 1.00. The summed E-state index contributed by atoms with van der Waals surface area (Å²) >= 11 is 0. The quantitative estimate of drug-likeness (QED) is 0.795. The smallest absolute Gasteiger partial charge is 0.328 e. The third-order valence-corrected chi connectivity index (χ3v) is 2.94. The van der Waals surface area contributed by atoms with Gasteiger partial charge in [-0.3, -0.25) is 4.90 Å². The molecule has 0 aromatic rings. The van der Waals surface area contributed by atoms with Gasteiger partial charge in [-0.2, -0.15) is 13.2 Å². The highest BCUT2D eigenvalue weighted by Crippen LogP contribution is 2.28. The van der Waals surface area contributed by atoms with E-state index in [9.17, 15) is 13.2 Å². The highest BCUT2D eigenvalue weighted by molar-refractivity contribution is 4.87. The first-order valence-corrected chi connectivity index (χ1v) is 5.37. The molecule has 0 radical (unpaired) electrons. The van der Waals surface area contributed by atoms with E-state index in [0.717, 1.165) is 12.8 Å².